The van der Waals surface area contributed by atoms with E-state index in [1.165, 1.54) is 0 Å². The van der Waals surface area contributed by atoms with Gasteiger partial charge in [0, 0.05) is 0 Å². The minimum absolute atomic E-state index is 0.185. The summed E-state index contributed by atoms with van der Waals surface area (Å²) in [6, 6.07) is -0.212. The quantitative estimate of drug-likeness (QED) is 0.373. The second kappa shape index (κ2) is 2.68. The van der Waals surface area contributed by atoms with E-state index in [0.717, 1.165) is 11.9 Å². The Kier molecular flexibility index (Phi) is 2.16. The van der Waals surface area contributed by atoms with Crippen LogP contribution in [0.2, 0.25) is 0 Å². The summed E-state index contributed by atoms with van der Waals surface area (Å²) in [5.41, 5.74) is 0. The lowest BCUT2D eigenvalue weighted by molar-refractivity contribution is -0.136. The summed E-state index contributed by atoms with van der Waals surface area (Å²) in [6.07, 6.45) is 0. The lowest BCUT2D eigenvalue weighted by Gasteiger charge is -2.07. The number of rotatable bonds is 2. The fourth-order valence-corrected chi connectivity index (χ4v) is 2.08. The van der Waals surface area contributed by atoms with E-state index in [1.54, 1.807) is 0 Å². The standard InChI is InChI=1S/C7H13NO2S/c1-7(2,3)11-8-4-5(8)6(9)10/h5H,4H2,1-3H3,(H,9,10)/p+1/t5-,8?/m1/s1. The maximum Gasteiger partial charge on any atom is 0.327 e. The van der Waals surface area contributed by atoms with Crippen molar-refractivity contribution in [3.05, 3.63) is 0 Å². The molecule has 1 unspecified atom stereocenters. The molecular formula is C7H14NO2S+. The highest BCUT2D eigenvalue weighted by molar-refractivity contribution is 7.77. The van der Waals surface area contributed by atoms with Crippen LogP contribution in [0.4, 0.5) is 0 Å². The Morgan fingerprint density at radius 3 is 2.45 bits per heavy atom. The molecule has 0 aromatic heterocycles. The zero-order chi connectivity index (χ0) is 8.65. The molecule has 1 saturated heterocycles. The zero-order valence-corrected chi connectivity index (χ0v) is 7.93. The van der Waals surface area contributed by atoms with Crippen LogP contribution >= 0.6 is 0 Å². The van der Waals surface area contributed by atoms with Crippen LogP contribution in [0.5, 0.6) is 0 Å². The minimum Gasteiger partial charge on any atom is -0.480 e. The van der Waals surface area contributed by atoms with Crippen molar-refractivity contribution in [3.8, 4) is 0 Å². The Labute approximate surface area is 70.9 Å². The van der Waals surface area contributed by atoms with Crippen LogP contribution < -0.4 is 0 Å². The second-order valence-electron chi connectivity index (χ2n) is 3.75. The van der Waals surface area contributed by atoms with Crippen LogP contribution in [0.3, 0.4) is 0 Å². The number of carboxylic acid groups (broad SMARTS) is 1. The summed E-state index contributed by atoms with van der Waals surface area (Å²) in [4.78, 5) is 10.4. The number of carboxylic acids is 1. The molecule has 0 aliphatic carbocycles. The molecule has 0 amide bonds. The summed E-state index contributed by atoms with van der Waals surface area (Å²) >= 11 is 1.12. The molecule has 3 nitrogen and oxygen atoms in total. The van der Waals surface area contributed by atoms with Crippen molar-refractivity contribution in [2.75, 3.05) is 6.54 Å². The van der Waals surface area contributed by atoms with Crippen molar-refractivity contribution in [3.63, 3.8) is 0 Å². The van der Waals surface area contributed by atoms with Crippen molar-refractivity contribution in [2.24, 2.45) is 0 Å². The lowest BCUT2D eigenvalue weighted by atomic mass is 10.3. The zero-order valence-electron chi connectivity index (χ0n) is 7.03. The molecule has 1 aliphatic heterocycles. The van der Waals surface area contributed by atoms with Gasteiger partial charge in [-0.3, -0.25) is 4.79 Å². The normalized spacial score (nSPS) is 30.1. The Morgan fingerprint density at radius 2 is 2.18 bits per heavy atom. The molecule has 0 spiro atoms. The van der Waals surface area contributed by atoms with Crippen molar-refractivity contribution in [2.45, 2.75) is 31.6 Å². The van der Waals surface area contributed by atoms with Crippen LogP contribution in [0.15, 0.2) is 0 Å². The molecule has 1 N–H and O–H groups in total. The Morgan fingerprint density at radius 1 is 1.64 bits per heavy atom. The summed E-state index contributed by atoms with van der Waals surface area (Å²) in [6.45, 7) is 7.03. The molecule has 0 radical (unpaired) electrons. The smallest absolute Gasteiger partial charge is 0.327 e. The van der Waals surface area contributed by atoms with E-state index < -0.39 is 5.97 Å². The number of aliphatic carboxylic acids is 1. The van der Waals surface area contributed by atoms with Gasteiger partial charge in [-0.15, -0.1) is 4.31 Å². The molecule has 1 heterocycles. The van der Waals surface area contributed by atoms with Crippen molar-refractivity contribution in [1.29, 1.82) is 0 Å². The minimum atomic E-state index is -0.693. The lowest BCUT2D eigenvalue weighted by Crippen LogP contribution is -2.24. The SMILES string of the molecule is CC(C)(C)[SH+]N1C[C@@H]1C(=O)O. The summed E-state index contributed by atoms with van der Waals surface area (Å²) < 4.78 is 2.13. The first-order chi connectivity index (χ1) is 4.90. The predicted octanol–water partition coefficient (Wildman–Crippen LogP) is 0.284. The Bertz CT molecular complexity index is 176. The van der Waals surface area contributed by atoms with Gasteiger partial charge in [-0.05, 0) is 20.8 Å². The maximum absolute atomic E-state index is 10.4. The van der Waals surface area contributed by atoms with Gasteiger partial charge in [-0.1, -0.05) is 0 Å². The van der Waals surface area contributed by atoms with Gasteiger partial charge in [0.05, 0.1) is 18.5 Å². The second-order valence-corrected chi connectivity index (χ2v) is 5.80. The van der Waals surface area contributed by atoms with E-state index >= 15 is 0 Å². The van der Waals surface area contributed by atoms with E-state index in [0.29, 0.717) is 6.54 Å². The fraction of sp³-hybridized carbons (Fsp3) is 0.857. The molecule has 64 valence electrons. The van der Waals surface area contributed by atoms with E-state index in [9.17, 15) is 4.79 Å². The largest absolute Gasteiger partial charge is 0.480 e. The molecule has 11 heavy (non-hydrogen) atoms. The number of hydrogen-bond acceptors (Lipinski definition) is 2. The number of thiol groups is 1. The fourth-order valence-electron chi connectivity index (χ4n) is 0.831. The number of hydrogen-bond donors (Lipinski definition) is 1. The highest BCUT2D eigenvalue weighted by atomic mass is 32.2. The van der Waals surface area contributed by atoms with Crippen LogP contribution in [0.25, 0.3) is 0 Å². The van der Waals surface area contributed by atoms with Crippen LogP contribution in [0, 0.1) is 0 Å². The van der Waals surface area contributed by atoms with Crippen LogP contribution in [-0.2, 0) is 16.7 Å². The molecule has 1 aliphatic rings. The maximum atomic E-state index is 10.4. The van der Waals surface area contributed by atoms with Gasteiger partial charge in [0.15, 0.2) is 6.04 Å². The van der Waals surface area contributed by atoms with Gasteiger partial charge in [-0.2, -0.15) is 0 Å². The molecule has 1 rings (SSSR count). The summed E-state index contributed by atoms with van der Waals surface area (Å²) in [5, 5.41) is 8.57. The molecule has 0 aromatic rings. The third-order valence-corrected chi connectivity index (χ3v) is 2.60. The van der Waals surface area contributed by atoms with Crippen molar-refractivity contribution < 1.29 is 9.90 Å². The van der Waals surface area contributed by atoms with Crippen molar-refractivity contribution in [1.82, 2.24) is 4.31 Å². The molecule has 0 bridgehead atoms. The average molecular weight is 176 g/mol. The summed E-state index contributed by atoms with van der Waals surface area (Å²) in [7, 11) is 0. The number of nitrogens with zero attached hydrogens (tertiary/aromatic N) is 1. The molecule has 0 saturated carbocycles. The van der Waals surface area contributed by atoms with Gasteiger partial charge >= 0.3 is 5.97 Å². The van der Waals surface area contributed by atoms with Gasteiger partial charge in [0.2, 0.25) is 0 Å². The van der Waals surface area contributed by atoms with Gasteiger partial charge in [-0.25, -0.2) is 0 Å². The molecule has 0 aromatic carbocycles. The Balaban J connectivity index is 2.29. The van der Waals surface area contributed by atoms with Gasteiger partial charge < -0.3 is 5.11 Å². The van der Waals surface area contributed by atoms with Crippen LogP contribution in [0.1, 0.15) is 20.8 Å². The van der Waals surface area contributed by atoms with E-state index in [4.69, 9.17) is 5.11 Å². The monoisotopic (exact) mass is 176 g/mol. The van der Waals surface area contributed by atoms with E-state index in [2.05, 4.69) is 20.8 Å². The third-order valence-electron chi connectivity index (χ3n) is 1.30. The first kappa shape index (κ1) is 8.87. The summed E-state index contributed by atoms with van der Waals surface area (Å²) in [5.74, 6) is -0.693. The molecular weight excluding hydrogens is 162 g/mol. The Hall–Kier alpha value is -0.220. The van der Waals surface area contributed by atoms with Crippen LogP contribution in [-0.4, -0.2) is 32.7 Å². The molecule has 1 fully saturated rings. The van der Waals surface area contributed by atoms with E-state index in [-0.39, 0.29) is 10.8 Å². The molecule has 4 heteroatoms. The van der Waals surface area contributed by atoms with Gasteiger partial charge in [0.25, 0.3) is 0 Å². The number of carbonyl (C=O) groups is 1. The first-order valence-electron chi connectivity index (χ1n) is 3.62. The predicted molar refractivity (Wildman–Crippen MR) is 46.6 cm³/mol. The highest BCUT2D eigenvalue weighted by Gasteiger charge is 2.49. The third kappa shape index (κ3) is 2.71. The molecule has 2 atom stereocenters. The topological polar surface area (TPSA) is 40.3 Å². The van der Waals surface area contributed by atoms with Crippen molar-refractivity contribution >= 4 is 17.9 Å². The van der Waals surface area contributed by atoms with E-state index in [1.807, 2.05) is 4.31 Å². The van der Waals surface area contributed by atoms with Gasteiger partial charge in [0.1, 0.15) is 4.75 Å². The first-order valence-corrected chi connectivity index (χ1v) is 4.47. The highest BCUT2D eigenvalue weighted by Crippen LogP contribution is 2.24. The average Bonchev–Trinajstić information content (AvgIpc) is 2.40.